The molecule has 0 unspecified atom stereocenters. The summed E-state index contributed by atoms with van der Waals surface area (Å²) in [4.78, 5) is 20.3. The minimum atomic E-state index is -0.493. The van der Waals surface area contributed by atoms with E-state index in [2.05, 4.69) is 9.97 Å². The standard InChI is InChI=1S/C18H16N2O3/c1-3-22-18(21)16-12(2)20-17(23-16)14-7-4-6-13(10-14)15-8-5-9-19-11-15/h4-11H,3H2,1-2H3. The summed E-state index contributed by atoms with van der Waals surface area (Å²) in [6.45, 7) is 3.77. The molecule has 0 saturated heterocycles. The van der Waals surface area contributed by atoms with Gasteiger partial charge in [-0.05, 0) is 37.6 Å². The molecular formula is C18H16N2O3. The summed E-state index contributed by atoms with van der Waals surface area (Å²) >= 11 is 0. The molecule has 5 heteroatoms. The quantitative estimate of drug-likeness (QED) is 0.684. The number of benzene rings is 1. The third-order valence-electron chi connectivity index (χ3n) is 3.36. The Labute approximate surface area is 134 Å². The number of rotatable bonds is 4. The van der Waals surface area contributed by atoms with Crippen molar-refractivity contribution in [2.45, 2.75) is 13.8 Å². The summed E-state index contributed by atoms with van der Waals surface area (Å²) < 4.78 is 10.6. The largest absolute Gasteiger partial charge is 0.460 e. The van der Waals surface area contributed by atoms with Crippen LogP contribution in [-0.4, -0.2) is 22.5 Å². The van der Waals surface area contributed by atoms with Crippen LogP contribution in [0.4, 0.5) is 0 Å². The van der Waals surface area contributed by atoms with Crippen molar-refractivity contribution in [3.63, 3.8) is 0 Å². The van der Waals surface area contributed by atoms with Crippen molar-refractivity contribution in [1.82, 2.24) is 9.97 Å². The van der Waals surface area contributed by atoms with Crippen molar-refractivity contribution in [3.05, 3.63) is 60.2 Å². The topological polar surface area (TPSA) is 65.2 Å². The second-order valence-corrected chi connectivity index (χ2v) is 4.98. The smallest absolute Gasteiger partial charge is 0.376 e. The lowest BCUT2D eigenvalue weighted by Gasteiger charge is -2.02. The first-order valence-corrected chi connectivity index (χ1v) is 7.34. The Morgan fingerprint density at radius 3 is 2.70 bits per heavy atom. The van der Waals surface area contributed by atoms with Gasteiger partial charge < -0.3 is 9.15 Å². The van der Waals surface area contributed by atoms with Crippen molar-refractivity contribution in [2.24, 2.45) is 0 Å². The first-order valence-electron chi connectivity index (χ1n) is 7.34. The normalized spacial score (nSPS) is 10.5. The third kappa shape index (κ3) is 3.13. The number of oxazole rings is 1. The highest BCUT2D eigenvalue weighted by Gasteiger charge is 2.19. The number of nitrogens with zero attached hydrogens (tertiary/aromatic N) is 2. The fraction of sp³-hybridized carbons (Fsp3) is 0.167. The van der Waals surface area contributed by atoms with Gasteiger partial charge in [-0.3, -0.25) is 4.98 Å². The number of hydrogen-bond acceptors (Lipinski definition) is 5. The van der Waals surface area contributed by atoms with E-state index in [0.717, 1.165) is 16.7 Å². The van der Waals surface area contributed by atoms with Gasteiger partial charge >= 0.3 is 5.97 Å². The maximum Gasteiger partial charge on any atom is 0.376 e. The number of aromatic nitrogens is 2. The van der Waals surface area contributed by atoms with Gasteiger partial charge in [0.25, 0.3) is 0 Å². The second-order valence-electron chi connectivity index (χ2n) is 4.98. The molecule has 1 aromatic carbocycles. The van der Waals surface area contributed by atoms with E-state index in [1.165, 1.54) is 0 Å². The van der Waals surface area contributed by atoms with Gasteiger partial charge in [0.2, 0.25) is 11.7 Å². The molecule has 0 aliphatic heterocycles. The van der Waals surface area contributed by atoms with Gasteiger partial charge in [0.1, 0.15) is 0 Å². The summed E-state index contributed by atoms with van der Waals surface area (Å²) in [5.41, 5.74) is 3.32. The molecule has 0 aliphatic rings. The fourth-order valence-electron chi connectivity index (χ4n) is 2.27. The number of pyridine rings is 1. The van der Waals surface area contributed by atoms with Gasteiger partial charge in [-0.25, -0.2) is 9.78 Å². The number of hydrogen-bond donors (Lipinski definition) is 0. The molecule has 0 N–H and O–H groups in total. The van der Waals surface area contributed by atoms with Gasteiger partial charge in [0.05, 0.1) is 12.3 Å². The van der Waals surface area contributed by atoms with Gasteiger partial charge in [-0.2, -0.15) is 0 Å². The molecule has 3 aromatic rings. The first kappa shape index (κ1) is 15.0. The van der Waals surface area contributed by atoms with E-state index in [0.29, 0.717) is 18.2 Å². The molecule has 0 spiro atoms. The van der Waals surface area contributed by atoms with Crippen LogP contribution in [0.5, 0.6) is 0 Å². The zero-order valence-electron chi connectivity index (χ0n) is 12.9. The highest BCUT2D eigenvalue weighted by molar-refractivity contribution is 5.88. The lowest BCUT2D eigenvalue weighted by atomic mass is 10.0. The fourth-order valence-corrected chi connectivity index (χ4v) is 2.27. The molecule has 23 heavy (non-hydrogen) atoms. The summed E-state index contributed by atoms with van der Waals surface area (Å²) in [7, 11) is 0. The van der Waals surface area contributed by atoms with Crippen molar-refractivity contribution in [1.29, 1.82) is 0 Å². The van der Waals surface area contributed by atoms with Crippen LogP contribution >= 0.6 is 0 Å². The van der Waals surface area contributed by atoms with Crippen LogP contribution in [0.3, 0.4) is 0 Å². The van der Waals surface area contributed by atoms with Gasteiger partial charge in [-0.1, -0.05) is 18.2 Å². The Balaban J connectivity index is 1.97. The summed E-state index contributed by atoms with van der Waals surface area (Å²) in [5.74, 6) is 0.0529. The number of carbonyl (C=O) groups is 1. The molecule has 5 nitrogen and oxygen atoms in total. The monoisotopic (exact) mass is 308 g/mol. The van der Waals surface area contributed by atoms with Crippen LogP contribution in [0.15, 0.2) is 53.2 Å². The molecule has 116 valence electrons. The van der Waals surface area contributed by atoms with E-state index in [4.69, 9.17) is 9.15 Å². The van der Waals surface area contributed by atoms with E-state index in [9.17, 15) is 4.79 Å². The second kappa shape index (κ2) is 6.44. The van der Waals surface area contributed by atoms with Crippen LogP contribution in [0.25, 0.3) is 22.6 Å². The predicted octanol–water partition coefficient (Wildman–Crippen LogP) is 3.89. The lowest BCUT2D eigenvalue weighted by molar-refractivity contribution is 0.0490. The number of carbonyl (C=O) groups excluding carboxylic acids is 1. The Kier molecular flexibility index (Phi) is 4.19. The number of aryl methyl sites for hydroxylation is 1. The maximum atomic E-state index is 11.8. The molecular weight excluding hydrogens is 292 g/mol. The molecule has 0 radical (unpaired) electrons. The zero-order valence-corrected chi connectivity index (χ0v) is 12.9. The van der Waals surface area contributed by atoms with Crippen LogP contribution in [0, 0.1) is 6.92 Å². The maximum absolute atomic E-state index is 11.8. The molecule has 0 fully saturated rings. The molecule has 0 saturated carbocycles. The summed E-state index contributed by atoms with van der Waals surface area (Å²) in [6, 6.07) is 11.6. The first-order chi connectivity index (χ1) is 11.2. The van der Waals surface area contributed by atoms with Gasteiger partial charge in [-0.15, -0.1) is 0 Å². The van der Waals surface area contributed by atoms with E-state index in [1.807, 2.05) is 36.4 Å². The van der Waals surface area contributed by atoms with Crippen LogP contribution in [0.1, 0.15) is 23.2 Å². The van der Waals surface area contributed by atoms with Crippen LogP contribution < -0.4 is 0 Å². The molecule has 0 atom stereocenters. The van der Waals surface area contributed by atoms with Crippen molar-refractivity contribution in [2.75, 3.05) is 6.61 Å². The van der Waals surface area contributed by atoms with E-state index in [-0.39, 0.29) is 5.76 Å². The van der Waals surface area contributed by atoms with E-state index in [1.54, 1.807) is 26.2 Å². The number of esters is 1. The molecule has 0 bridgehead atoms. The third-order valence-corrected chi connectivity index (χ3v) is 3.36. The molecule has 0 aliphatic carbocycles. The van der Waals surface area contributed by atoms with Crippen molar-refractivity contribution >= 4 is 5.97 Å². The SMILES string of the molecule is CCOC(=O)c1oc(-c2cccc(-c3cccnc3)c2)nc1C. The molecule has 0 amide bonds. The van der Waals surface area contributed by atoms with Gasteiger partial charge in [0, 0.05) is 23.5 Å². The highest BCUT2D eigenvalue weighted by atomic mass is 16.5. The van der Waals surface area contributed by atoms with E-state index >= 15 is 0 Å². The zero-order chi connectivity index (χ0) is 16.2. The molecule has 2 aromatic heterocycles. The lowest BCUT2D eigenvalue weighted by Crippen LogP contribution is -2.04. The average Bonchev–Trinajstić information content (AvgIpc) is 2.98. The predicted molar refractivity (Wildman–Crippen MR) is 85.9 cm³/mol. The number of ether oxygens (including phenoxy) is 1. The summed E-state index contributed by atoms with van der Waals surface area (Å²) in [5, 5.41) is 0. The highest BCUT2D eigenvalue weighted by Crippen LogP contribution is 2.27. The van der Waals surface area contributed by atoms with Crippen molar-refractivity contribution in [3.8, 4) is 22.6 Å². The molecule has 3 rings (SSSR count). The Hall–Kier alpha value is -2.95. The summed E-state index contributed by atoms with van der Waals surface area (Å²) in [6.07, 6.45) is 3.53. The minimum Gasteiger partial charge on any atom is -0.460 e. The molecule has 2 heterocycles. The Morgan fingerprint density at radius 1 is 1.17 bits per heavy atom. The minimum absolute atomic E-state index is 0.147. The van der Waals surface area contributed by atoms with Crippen LogP contribution in [0.2, 0.25) is 0 Å². The Bertz CT molecular complexity index is 825. The van der Waals surface area contributed by atoms with E-state index < -0.39 is 5.97 Å². The Morgan fingerprint density at radius 2 is 1.96 bits per heavy atom. The van der Waals surface area contributed by atoms with Crippen molar-refractivity contribution < 1.29 is 13.9 Å². The van der Waals surface area contributed by atoms with Crippen LogP contribution in [-0.2, 0) is 4.74 Å². The van der Waals surface area contributed by atoms with Gasteiger partial charge in [0.15, 0.2) is 0 Å². The average molecular weight is 308 g/mol.